The Kier molecular flexibility index (Phi) is 4.11. The van der Waals surface area contributed by atoms with E-state index in [1.54, 1.807) is 13.0 Å². The van der Waals surface area contributed by atoms with Gasteiger partial charge in [0, 0.05) is 12.1 Å². The summed E-state index contributed by atoms with van der Waals surface area (Å²) in [5.41, 5.74) is 1.49. The Morgan fingerprint density at radius 1 is 1.29 bits per heavy atom. The van der Waals surface area contributed by atoms with E-state index >= 15 is 0 Å². The lowest BCUT2D eigenvalue weighted by atomic mass is 10.1. The molecule has 1 unspecified atom stereocenters. The Morgan fingerprint density at radius 3 is 2.90 bits per heavy atom. The van der Waals surface area contributed by atoms with Gasteiger partial charge in [0.25, 0.3) is 0 Å². The Bertz CT molecular complexity index is 619. The third-order valence-electron chi connectivity index (χ3n) is 4.52. The number of hydrogen-bond donors (Lipinski definition) is 0. The van der Waals surface area contributed by atoms with Crippen molar-refractivity contribution in [2.45, 2.75) is 33.2 Å². The van der Waals surface area contributed by atoms with Crippen molar-refractivity contribution in [1.29, 1.82) is 0 Å². The fraction of sp³-hybridized carbons (Fsp3) is 0.444. The first-order valence-electron chi connectivity index (χ1n) is 7.74. The van der Waals surface area contributed by atoms with Gasteiger partial charge in [-0.05, 0) is 49.6 Å². The van der Waals surface area contributed by atoms with Crippen molar-refractivity contribution in [3.63, 3.8) is 0 Å². The molecule has 0 spiro atoms. The van der Waals surface area contributed by atoms with Crippen LogP contribution in [0.1, 0.15) is 31.1 Å². The van der Waals surface area contributed by atoms with E-state index in [9.17, 15) is 4.39 Å². The number of furan rings is 1. The maximum atomic E-state index is 13.6. The van der Waals surface area contributed by atoms with Gasteiger partial charge in [0.05, 0.1) is 6.54 Å². The van der Waals surface area contributed by atoms with E-state index < -0.39 is 0 Å². The molecule has 3 rings (SSSR count). The molecule has 2 heterocycles. The zero-order valence-corrected chi connectivity index (χ0v) is 12.7. The van der Waals surface area contributed by atoms with E-state index in [4.69, 9.17) is 4.42 Å². The molecule has 0 bridgehead atoms. The lowest BCUT2D eigenvalue weighted by Crippen LogP contribution is -2.19. The summed E-state index contributed by atoms with van der Waals surface area (Å²) < 4.78 is 19.6. The molecule has 1 atom stereocenters. The highest BCUT2D eigenvalue weighted by atomic mass is 19.1. The van der Waals surface area contributed by atoms with Crippen LogP contribution in [-0.2, 0) is 6.54 Å². The van der Waals surface area contributed by atoms with Crippen molar-refractivity contribution in [3.8, 4) is 11.3 Å². The van der Waals surface area contributed by atoms with Gasteiger partial charge in [0.2, 0.25) is 0 Å². The van der Waals surface area contributed by atoms with Crippen molar-refractivity contribution in [2.24, 2.45) is 5.92 Å². The van der Waals surface area contributed by atoms with Crippen LogP contribution < -0.4 is 0 Å². The van der Waals surface area contributed by atoms with Crippen LogP contribution in [0, 0.1) is 18.7 Å². The molecule has 0 radical (unpaired) electrons. The number of rotatable bonds is 4. The Morgan fingerprint density at radius 2 is 2.14 bits per heavy atom. The molecule has 1 saturated heterocycles. The van der Waals surface area contributed by atoms with Gasteiger partial charge in [-0.1, -0.05) is 25.5 Å². The molecular formula is C18H22FNO. The second-order valence-electron chi connectivity index (χ2n) is 5.98. The molecule has 0 amide bonds. The van der Waals surface area contributed by atoms with E-state index in [0.717, 1.165) is 42.6 Å². The minimum Gasteiger partial charge on any atom is -0.460 e. The second kappa shape index (κ2) is 6.02. The van der Waals surface area contributed by atoms with Crippen molar-refractivity contribution in [1.82, 2.24) is 4.90 Å². The average molecular weight is 287 g/mol. The summed E-state index contributed by atoms with van der Waals surface area (Å²) in [6, 6.07) is 9.08. The summed E-state index contributed by atoms with van der Waals surface area (Å²) in [6.45, 7) is 7.20. The Balaban J connectivity index is 1.73. The molecule has 3 heteroatoms. The number of hydrogen-bond acceptors (Lipinski definition) is 2. The number of nitrogens with zero attached hydrogens (tertiary/aromatic N) is 1. The van der Waals surface area contributed by atoms with Crippen LogP contribution >= 0.6 is 0 Å². The Hall–Kier alpha value is -1.61. The molecule has 1 aliphatic heterocycles. The molecule has 2 aromatic rings. The number of likely N-dealkylation sites (tertiary alicyclic amines) is 1. The van der Waals surface area contributed by atoms with Crippen LogP contribution in [0.3, 0.4) is 0 Å². The van der Waals surface area contributed by atoms with E-state index in [1.165, 1.54) is 18.9 Å². The predicted molar refractivity (Wildman–Crippen MR) is 82.5 cm³/mol. The van der Waals surface area contributed by atoms with Gasteiger partial charge in [-0.15, -0.1) is 0 Å². The number of benzene rings is 1. The van der Waals surface area contributed by atoms with Crippen LogP contribution in [0.15, 0.2) is 34.7 Å². The fourth-order valence-electron chi connectivity index (χ4n) is 3.09. The van der Waals surface area contributed by atoms with Gasteiger partial charge in [0.15, 0.2) is 0 Å². The smallest absolute Gasteiger partial charge is 0.134 e. The van der Waals surface area contributed by atoms with Crippen molar-refractivity contribution in [2.75, 3.05) is 13.1 Å². The van der Waals surface area contributed by atoms with Crippen LogP contribution in [-0.4, -0.2) is 18.0 Å². The SMILES string of the molecule is CCC1CCN(Cc2ccc(-c3cccc(F)c3C)o2)C1. The number of halogens is 1. The molecule has 1 aromatic heterocycles. The van der Waals surface area contributed by atoms with Crippen LogP contribution in [0.4, 0.5) is 4.39 Å². The summed E-state index contributed by atoms with van der Waals surface area (Å²) >= 11 is 0. The predicted octanol–water partition coefficient (Wildman–Crippen LogP) is 4.63. The Labute approximate surface area is 125 Å². The van der Waals surface area contributed by atoms with Gasteiger partial charge in [-0.25, -0.2) is 4.39 Å². The van der Waals surface area contributed by atoms with Crippen molar-refractivity contribution >= 4 is 0 Å². The van der Waals surface area contributed by atoms with Crippen LogP contribution in [0.25, 0.3) is 11.3 Å². The van der Waals surface area contributed by atoms with E-state index in [0.29, 0.717) is 5.56 Å². The molecule has 21 heavy (non-hydrogen) atoms. The van der Waals surface area contributed by atoms with Gasteiger partial charge >= 0.3 is 0 Å². The molecule has 0 aliphatic carbocycles. The molecule has 1 fully saturated rings. The second-order valence-corrected chi connectivity index (χ2v) is 5.98. The van der Waals surface area contributed by atoms with Gasteiger partial charge in [-0.3, -0.25) is 4.90 Å². The maximum absolute atomic E-state index is 13.6. The zero-order chi connectivity index (χ0) is 14.8. The quantitative estimate of drug-likeness (QED) is 0.815. The van der Waals surface area contributed by atoms with Crippen LogP contribution in [0.5, 0.6) is 0 Å². The molecule has 1 aliphatic rings. The summed E-state index contributed by atoms with van der Waals surface area (Å²) in [5, 5.41) is 0. The normalized spacial score (nSPS) is 19.3. The molecular weight excluding hydrogens is 265 g/mol. The van der Waals surface area contributed by atoms with Gasteiger partial charge in [0.1, 0.15) is 17.3 Å². The summed E-state index contributed by atoms with van der Waals surface area (Å²) in [7, 11) is 0. The maximum Gasteiger partial charge on any atom is 0.134 e. The first-order chi connectivity index (χ1) is 10.2. The largest absolute Gasteiger partial charge is 0.460 e. The molecule has 0 N–H and O–H groups in total. The highest BCUT2D eigenvalue weighted by Gasteiger charge is 2.22. The van der Waals surface area contributed by atoms with Gasteiger partial charge in [-0.2, -0.15) is 0 Å². The third kappa shape index (κ3) is 3.03. The monoisotopic (exact) mass is 287 g/mol. The van der Waals surface area contributed by atoms with Gasteiger partial charge < -0.3 is 4.42 Å². The first-order valence-corrected chi connectivity index (χ1v) is 7.74. The highest BCUT2D eigenvalue weighted by Crippen LogP contribution is 2.28. The summed E-state index contributed by atoms with van der Waals surface area (Å²) in [6.07, 6.45) is 2.54. The summed E-state index contributed by atoms with van der Waals surface area (Å²) in [4.78, 5) is 2.44. The van der Waals surface area contributed by atoms with Crippen molar-refractivity contribution < 1.29 is 8.81 Å². The average Bonchev–Trinajstić information content (AvgIpc) is 3.12. The van der Waals surface area contributed by atoms with E-state index in [2.05, 4.69) is 11.8 Å². The standard InChI is InChI=1S/C18H22FNO/c1-3-14-9-10-20(11-14)12-15-7-8-18(21-15)16-5-4-6-17(19)13(16)2/h4-8,14H,3,9-12H2,1-2H3. The molecule has 112 valence electrons. The third-order valence-corrected chi connectivity index (χ3v) is 4.52. The van der Waals surface area contributed by atoms with Crippen LogP contribution in [0.2, 0.25) is 0 Å². The minimum atomic E-state index is -0.184. The highest BCUT2D eigenvalue weighted by molar-refractivity contribution is 5.62. The lowest BCUT2D eigenvalue weighted by Gasteiger charge is -2.13. The first kappa shape index (κ1) is 14.3. The lowest BCUT2D eigenvalue weighted by molar-refractivity contribution is 0.287. The minimum absolute atomic E-state index is 0.184. The molecule has 2 nitrogen and oxygen atoms in total. The zero-order valence-electron chi connectivity index (χ0n) is 12.7. The van der Waals surface area contributed by atoms with Crippen molar-refractivity contribution in [3.05, 3.63) is 47.5 Å². The van der Waals surface area contributed by atoms with E-state index in [1.807, 2.05) is 18.2 Å². The topological polar surface area (TPSA) is 16.4 Å². The fourth-order valence-corrected chi connectivity index (χ4v) is 3.09. The van der Waals surface area contributed by atoms with E-state index in [-0.39, 0.29) is 5.82 Å². The molecule has 1 aromatic carbocycles. The summed E-state index contributed by atoms with van der Waals surface area (Å²) in [5.74, 6) is 2.36. The molecule has 0 saturated carbocycles.